The summed E-state index contributed by atoms with van der Waals surface area (Å²) in [4.78, 5) is 1.71. The molecule has 0 fully saturated rings. The Morgan fingerprint density at radius 3 is 2.44 bits per heavy atom. The van der Waals surface area contributed by atoms with Crippen molar-refractivity contribution in [3.63, 3.8) is 0 Å². The molecule has 0 unspecified atom stereocenters. The van der Waals surface area contributed by atoms with E-state index in [-0.39, 0.29) is 0 Å². The molecule has 0 aliphatic carbocycles. The van der Waals surface area contributed by atoms with Crippen LogP contribution in [0.2, 0.25) is 0 Å². The highest BCUT2D eigenvalue weighted by molar-refractivity contribution is 8.13. The topological polar surface area (TPSA) is 70.8 Å². The monoisotopic (exact) mass is 270 g/mol. The smallest absolute Gasteiger partial charge is 0.208 e. The lowest BCUT2D eigenvalue weighted by molar-refractivity contribution is 0.141. The van der Waals surface area contributed by atoms with Crippen molar-refractivity contribution in [1.29, 1.82) is 5.26 Å². The van der Waals surface area contributed by atoms with Gasteiger partial charge in [0.05, 0.1) is 10.5 Å². The molecule has 0 radical (unpaired) electrons. The van der Waals surface area contributed by atoms with Gasteiger partial charge in [-0.2, -0.15) is 9.65 Å². The maximum Gasteiger partial charge on any atom is 0.269 e. The lowest BCUT2D eigenvalue weighted by Gasteiger charge is -2.06. The lowest BCUT2D eigenvalue weighted by Crippen LogP contribution is -2.06. The predicted molar refractivity (Wildman–Crippen MR) is 46.9 cm³/mol. The molecule has 0 saturated carbocycles. The second kappa shape index (κ2) is 4.27. The van der Waals surface area contributed by atoms with Crippen LogP contribution in [-0.2, 0) is 9.05 Å². The van der Waals surface area contributed by atoms with Crippen molar-refractivity contribution in [2.45, 2.75) is 11.3 Å². The molecule has 0 atom stereocenters. The van der Waals surface area contributed by atoms with E-state index in [2.05, 4.69) is 4.98 Å². The highest BCUT2D eigenvalue weighted by Gasteiger charge is 2.27. The van der Waals surface area contributed by atoms with E-state index in [1.807, 2.05) is 0 Å². The minimum atomic E-state index is -4.57. The summed E-state index contributed by atoms with van der Waals surface area (Å²) in [6, 6.07) is 1.82. The Bertz CT molecular complexity index is 568. The first-order chi connectivity index (χ1) is 7.27. The van der Waals surface area contributed by atoms with Gasteiger partial charge < -0.3 is 0 Å². The van der Waals surface area contributed by atoms with Gasteiger partial charge >= 0.3 is 0 Å². The number of nitrogens with zero attached hydrogens (tertiary/aromatic N) is 2. The third kappa shape index (κ3) is 2.43. The zero-order chi connectivity index (χ0) is 12.5. The van der Waals surface area contributed by atoms with Crippen LogP contribution in [0.15, 0.2) is 11.0 Å². The van der Waals surface area contributed by atoms with E-state index in [1.165, 1.54) is 6.07 Å². The highest BCUT2D eigenvalue weighted by atomic mass is 35.7. The fourth-order valence-electron chi connectivity index (χ4n) is 0.958. The van der Waals surface area contributed by atoms with Crippen LogP contribution < -0.4 is 0 Å². The van der Waals surface area contributed by atoms with E-state index in [4.69, 9.17) is 15.9 Å². The molecule has 1 heterocycles. The number of rotatable bonds is 2. The van der Waals surface area contributed by atoms with Crippen molar-refractivity contribution in [2.24, 2.45) is 0 Å². The van der Waals surface area contributed by atoms with E-state index in [9.17, 15) is 21.6 Å². The van der Waals surface area contributed by atoms with Gasteiger partial charge in [0.25, 0.3) is 15.5 Å². The maximum absolute atomic E-state index is 13.0. The van der Waals surface area contributed by atoms with Crippen molar-refractivity contribution in [1.82, 2.24) is 4.98 Å². The molecule has 0 amide bonds. The van der Waals surface area contributed by atoms with Gasteiger partial charge in [0.15, 0.2) is 0 Å². The van der Waals surface area contributed by atoms with E-state index in [0.717, 1.165) is 0 Å². The molecule has 16 heavy (non-hydrogen) atoms. The van der Waals surface area contributed by atoms with Crippen molar-refractivity contribution in [3.8, 4) is 6.07 Å². The fraction of sp³-hybridized carbons (Fsp3) is 0.143. The Hall–Kier alpha value is -1.33. The zero-order valence-corrected chi connectivity index (χ0v) is 8.86. The highest BCUT2D eigenvalue weighted by Crippen LogP contribution is 2.30. The summed E-state index contributed by atoms with van der Waals surface area (Å²) >= 11 is 0. The minimum absolute atomic E-state index is 0.493. The maximum atomic E-state index is 13.0. The van der Waals surface area contributed by atoms with Crippen LogP contribution in [0.4, 0.5) is 13.2 Å². The predicted octanol–water partition coefficient (Wildman–Crippen LogP) is 1.96. The van der Waals surface area contributed by atoms with Crippen molar-refractivity contribution < 1.29 is 21.6 Å². The van der Waals surface area contributed by atoms with E-state index >= 15 is 0 Å². The number of pyridine rings is 1. The number of alkyl halides is 2. The Morgan fingerprint density at radius 1 is 1.50 bits per heavy atom. The van der Waals surface area contributed by atoms with E-state index in [1.54, 1.807) is 0 Å². The Kier molecular flexibility index (Phi) is 3.40. The molecular weight excluding hydrogens is 269 g/mol. The van der Waals surface area contributed by atoms with Crippen molar-refractivity contribution in [2.75, 3.05) is 0 Å². The summed E-state index contributed by atoms with van der Waals surface area (Å²) in [5.74, 6) is -1.73. The number of hydrogen-bond donors (Lipinski definition) is 0. The lowest BCUT2D eigenvalue weighted by atomic mass is 10.2. The van der Waals surface area contributed by atoms with Gasteiger partial charge in [-0.15, -0.1) is 0 Å². The van der Waals surface area contributed by atoms with Crippen LogP contribution in [0.25, 0.3) is 0 Å². The van der Waals surface area contributed by atoms with Gasteiger partial charge in [-0.05, 0) is 6.07 Å². The summed E-state index contributed by atoms with van der Waals surface area (Å²) < 4.78 is 59.6. The van der Waals surface area contributed by atoms with Crippen molar-refractivity contribution in [3.05, 3.63) is 23.3 Å². The number of hydrogen-bond acceptors (Lipinski definition) is 4. The molecule has 0 bridgehead atoms. The molecule has 0 saturated heterocycles. The Balaban J connectivity index is 3.69. The van der Waals surface area contributed by atoms with Gasteiger partial charge in [0, 0.05) is 10.7 Å². The molecule has 0 N–H and O–H groups in total. The minimum Gasteiger partial charge on any atom is -0.208 e. The van der Waals surface area contributed by atoms with E-state index < -0.39 is 37.6 Å². The van der Waals surface area contributed by atoms with Crippen LogP contribution >= 0.6 is 10.7 Å². The molecule has 0 spiro atoms. The first-order valence-corrected chi connectivity index (χ1v) is 5.91. The second-order valence-corrected chi connectivity index (χ2v) is 5.09. The quantitative estimate of drug-likeness (QED) is 0.608. The normalized spacial score (nSPS) is 11.5. The summed E-state index contributed by atoms with van der Waals surface area (Å²) in [7, 11) is 0.271. The number of aromatic nitrogens is 1. The SMILES string of the molecule is N#Cc1cc(S(=O)(=O)Cl)c(C(F)F)c(F)n1. The summed E-state index contributed by atoms with van der Waals surface area (Å²) in [6.07, 6.45) is -3.40. The molecule has 9 heteroatoms. The van der Waals surface area contributed by atoms with Crippen LogP contribution in [0.3, 0.4) is 0 Å². The molecule has 1 aromatic heterocycles. The van der Waals surface area contributed by atoms with Crippen LogP contribution in [0, 0.1) is 17.3 Å². The van der Waals surface area contributed by atoms with Crippen LogP contribution in [0.1, 0.15) is 17.7 Å². The molecule has 0 aliphatic heterocycles. The van der Waals surface area contributed by atoms with Crippen molar-refractivity contribution >= 4 is 19.7 Å². The first kappa shape index (κ1) is 12.7. The average molecular weight is 271 g/mol. The zero-order valence-electron chi connectivity index (χ0n) is 7.29. The summed E-state index contributed by atoms with van der Waals surface area (Å²) in [6.45, 7) is 0. The molecule has 1 aromatic rings. The van der Waals surface area contributed by atoms with Crippen LogP contribution in [-0.4, -0.2) is 13.4 Å². The van der Waals surface area contributed by atoms with Gasteiger partial charge in [-0.1, -0.05) is 0 Å². The summed E-state index contributed by atoms with van der Waals surface area (Å²) in [5, 5.41) is 8.38. The third-order valence-corrected chi connectivity index (χ3v) is 2.93. The second-order valence-electron chi connectivity index (χ2n) is 2.56. The first-order valence-electron chi connectivity index (χ1n) is 3.60. The standard InChI is InChI=1S/C7H2ClF3N2O2S/c8-16(14,15)4-1-3(2-12)13-7(11)5(4)6(9)10/h1,6H. The fourth-order valence-corrected chi connectivity index (χ4v) is 2.03. The molecule has 0 aliphatic rings. The van der Waals surface area contributed by atoms with E-state index in [0.29, 0.717) is 6.07 Å². The van der Waals surface area contributed by atoms with Gasteiger partial charge in [-0.3, -0.25) is 0 Å². The van der Waals surface area contributed by atoms with Gasteiger partial charge in [-0.25, -0.2) is 22.2 Å². The summed E-state index contributed by atoms with van der Waals surface area (Å²) in [5.41, 5.74) is -2.09. The molecule has 4 nitrogen and oxygen atoms in total. The Labute approximate surface area is 92.7 Å². The molecule has 0 aromatic carbocycles. The number of nitriles is 1. The van der Waals surface area contributed by atoms with Gasteiger partial charge in [0.1, 0.15) is 11.8 Å². The molecular formula is C7H2ClF3N2O2S. The average Bonchev–Trinajstić information content (AvgIpc) is 2.14. The number of halogens is 4. The Morgan fingerprint density at radius 2 is 2.06 bits per heavy atom. The van der Waals surface area contributed by atoms with Gasteiger partial charge in [0.2, 0.25) is 5.95 Å². The third-order valence-electron chi connectivity index (χ3n) is 1.57. The van der Waals surface area contributed by atoms with Crippen LogP contribution in [0.5, 0.6) is 0 Å². The molecule has 86 valence electrons. The largest absolute Gasteiger partial charge is 0.269 e. The molecule has 1 rings (SSSR count).